The summed E-state index contributed by atoms with van der Waals surface area (Å²) in [6.07, 6.45) is 0. The summed E-state index contributed by atoms with van der Waals surface area (Å²) in [5, 5.41) is 7.47. The first-order valence-electron chi connectivity index (χ1n) is 18.9. The maximum atomic E-state index is 2.44. The number of rotatable bonds is 7. The summed E-state index contributed by atoms with van der Waals surface area (Å²) in [7, 11) is 0. The van der Waals surface area contributed by atoms with Crippen molar-refractivity contribution in [3.8, 4) is 44.5 Å². The lowest BCUT2D eigenvalue weighted by atomic mass is 9.93. The van der Waals surface area contributed by atoms with E-state index < -0.39 is 0 Å². The molecule has 0 N–H and O–H groups in total. The Morgan fingerprint density at radius 2 is 0.709 bits per heavy atom. The minimum atomic E-state index is 1.10. The normalized spacial score (nSPS) is 11.3. The van der Waals surface area contributed by atoms with Crippen LogP contribution in [0.4, 0.5) is 17.1 Å². The zero-order chi connectivity index (χ0) is 36.6. The Bertz CT molecular complexity index is 2960. The minimum Gasteiger partial charge on any atom is -0.310 e. The average Bonchev–Trinajstić information content (AvgIpc) is 3.27. The van der Waals surface area contributed by atoms with Gasteiger partial charge in [-0.3, -0.25) is 0 Å². The largest absolute Gasteiger partial charge is 0.310 e. The smallest absolute Gasteiger partial charge is 0.0540 e. The number of para-hydroxylation sites is 1. The van der Waals surface area contributed by atoms with E-state index in [1.165, 1.54) is 76.8 Å². The molecule has 0 aromatic heterocycles. The van der Waals surface area contributed by atoms with Gasteiger partial charge in [-0.2, -0.15) is 0 Å². The number of anilines is 3. The van der Waals surface area contributed by atoms with Gasteiger partial charge in [0, 0.05) is 16.9 Å². The first kappa shape index (κ1) is 32.4. The molecule has 0 saturated carbocycles. The molecule has 0 aliphatic carbocycles. The molecule has 10 aromatic carbocycles. The van der Waals surface area contributed by atoms with Crippen molar-refractivity contribution in [2.75, 3.05) is 4.90 Å². The lowest BCUT2D eigenvalue weighted by molar-refractivity contribution is 1.29. The molecule has 0 radical (unpaired) electrons. The molecule has 0 unspecified atom stereocenters. The Kier molecular flexibility index (Phi) is 8.24. The Balaban J connectivity index is 1.18. The van der Waals surface area contributed by atoms with Crippen LogP contribution in [0.3, 0.4) is 0 Å². The van der Waals surface area contributed by atoms with Crippen LogP contribution in [0.5, 0.6) is 0 Å². The van der Waals surface area contributed by atoms with E-state index in [4.69, 9.17) is 0 Å². The van der Waals surface area contributed by atoms with E-state index in [2.05, 4.69) is 229 Å². The van der Waals surface area contributed by atoms with Gasteiger partial charge in [-0.1, -0.05) is 194 Å². The van der Waals surface area contributed by atoms with Gasteiger partial charge in [-0.05, 0) is 102 Å². The van der Waals surface area contributed by atoms with Crippen molar-refractivity contribution in [1.29, 1.82) is 0 Å². The molecule has 0 fully saturated rings. The monoisotopic (exact) mass is 699 g/mol. The van der Waals surface area contributed by atoms with Crippen LogP contribution in [-0.2, 0) is 0 Å². The van der Waals surface area contributed by atoms with Crippen molar-refractivity contribution in [1.82, 2.24) is 0 Å². The molecule has 0 amide bonds. The van der Waals surface area contributed by atoms with E-state index in [0.29, 0.717) is 0 Å². The Hall–Kier alpha value is -7.22. The zero-order valence-electron chi connectivity index (χ0n) is 30.3. The number of nitrogens with zero attached hydrogens (tertiary/aromatic N) is 1. The topological polar surface area (TPSA) is 3.24 Å². The van der Waals surface area contributed by atoms with Crippen LogP contribution in [0.25, 0.3) is 76.8 Å². The maximum Gasteiger partial charge on any atom is 0.0540 e. The van der Waals surface area contributed by atoms with Crippen LogP contribution >= 0.6 is 0 Å². The van der Waals surface area contributed by atoms with Gasteiger partial charge in [0.05, 0.1) is 5.69 Å². The minimum absolute atomic E-state index is 1.10. The second-order valence-corrected chi connectivity index (χ2v) is 14.1. The predicted octanol–water partition coefficient (Wildman–Crippen LogP) is 15.3. The lowest BCUT2D eigenvalue weighted by Crippen LogP contribution is -2.11. The molecule has 258 valence electrons. The molecule has 0 aliphatic heterocycles. The Morgan fingerprint density at radius 1 is 0.236 bits per heavy atom. The molecular formula is C54H37N. The summed E-state index contributed by atoms with van der Waals surface area (Å²) in [5.41, 5.74) is 12.9. The van der Waals surface area contributed by atoms with E-state index in [-0.39, 0.29) is 0 Å². The zero-order valence-corrected chi connectivity index (χ0v) is 30.3. The van der Waals surface area contributed by atoms with Gasteiger partial charge in [-0.25, -0.2) is 0 Å². The first-order valence-corrected chi connectivity index (χ1v) is 18.9. The van der Waals surface area contributed by atoms with E-state index >= 15 is 0 Å². The van der Waals surface area contributed by atoms with Crippen LogP contribution in [0.2, 0.25) is 0 Å². The molecule has 10 rings (SSSR count). The van der Waals surface area contributed by atoms with Gasteiger partial charge < -0.3 is 4.90 Å². The predicted molar refractivity (Wildman–Crippen MR) is 235 cm³/mol. The van der Waals surface area contributed by atoms with Crippen LogP contribution in [0.15, 0.2) is 224 Å². The number of fused-ring (bicyclic) bond motifs is 4. The van der Waals surface area contributed by atoms with Gasteiger partial charge in [0.1, 0.15) is 0 Å². The van der Waals surface area contributed by atoms with Crippen molar-refractivity contribution in [2.24, 2.45) is 0 Å². The van der Waals surface area contributed by atoms with Gasteiger partial charge in [-0.15, -0.1) is 0 Å². The highest BCUT2D eigenvalue weighted by Gasteiger charge is 2.20. The van der Waals surface area contributed by atoms with Crippen molar-refractivity contribution in [2.45, 2.75) is 0 Å². The van der Waals surface area contributed by atoms with Crippen molar-refractivity contribution >= 4 is 49.4 Å². The molecule has 0 atom stereocenters. The molecule has 0 spiro atoms. The molecule has 1 heteroatoms. The van der Waals surface area contributed by atoms with Crippen molar-refractivity contribution in [3.63, 3.8) is 0 Å². The Labute approximate surface area is 322 Å². The summed E-state index contributed by atoms with van der Waals surface area (Å²) in [4.78, 5) is 2.44. The van der Waals surface area contributed by atoms with E-state index in [1.54, 1.807) is 0 Å². The molecule has 10 aromatic rings. The highest BCUT2D eigenvalue weighted by molar-refractivity contribution is 6.09. The van der Waals surface area contributed by atoms with Crippen molar-refractivity contribution in [3.05, 3.63) is 224 Å². The average molecular weight is 700 g/mol. The summed E-state index contributed by atoms with van der Waals surface area (Å²) < 4.78 is 0. The third kappa shape index (κ3) is 6.02. The summed E-state index contributed by atoms with van der Waals surface area (Å²) in [6, 6.07) is 81.5. The third-order valence-electron chi connectivity index (χ3n) is 10.9. The number of hydrogen-bond acceptors (Lipinski definition) is 1. The molecule has 0 heterocycles. The van der Waals surface area contributed by atoms with Gasteiger partial charge in [0.25, 0.3) is 0 Å². The van der Waals surface area contributed by atoms with Crippen LogP contribution in [0, 0.1) is 0 Å². The van der Waals surface area contributed by atoms with E-state index in [1.807, 2.05) is 0 Å². The molecule has 0 aliphatic rings. The highest BCUT2D eigenvalue weighted by Crippen LogP contribution is 2.45. The van der Waals surface area contributed by atoms with Gasteiger partial charge in [0.15, 0.2) is 0 Å². The highest BCUT2D eigenvalue weighted by atomic mass is 15.1. The van der Waals surface area contributed by atoms with Crippen LogP contribution in [0.1, 0.15) is 0 Å². The van der Waals surface area contributed by atoms with E-state index in [9.17, 15) is 0 Å². The van der Waals surface area contributed by atoms with E-state index in [0.717, 1.165) is 17.1 Å². The first-order chi connectivity index (χ1) is 27.3. The fourth-order valence-electron chi connectivity index (χ4n) is 8.17. The fraction of sp³-hybridized carbons (Fsp3) is 0. The Morgan fingerprint density at radius 3 is 1.45 bits per heavy atom. The molecule has 1 nitrogen and oxygen atoms in total. The SMILES string of the molecule is c1ccc(-c2ccc(N(c3ccc4ccc5ccccc5c4c3)c3ccccc3-c3ccc(-c4cccc5ccccc45)cc3)cc2-c2ccccc2)cc1. The third-order valence-corrected chi connectivity index (χ3v) is 10.9. The quantitative estimate of drug-likeness (QED) is 0.150. The van der Waals surface area contributed by atoms with Crippen LogP contribution < -0.4 is 4.90 Å². The van der Waals surface area contributed by atoms with Crippen molar-refractivity contribution < 1.29 is 0 Å². The van der Waals surface area contributed by atoms with Gasteiger partial charge in [0.2, 0.25) is 0 Å². The molecular weight excluding hydrogens is 663 g/mol. The summed E-state index contributed by atoms with van der Waals surface area (Å²) in [6.45, 7) is 0. The molecule has 0 saturated heterocycles. The summed E-state index contributed by atoms with van der Waals surface area (Å²) >= 11 is 0. The molecule has 55 heavy (non-hydrogen) atoms. The standard InChI is InChI=1S/C54H37N/c1-3-14-38(15-4-1)50-35-34-46(37-52(50)40-16-5-2-6-17-40)55(45-33-32-44-31-26-41-19-8-10-22-49(41)53(44)36-45)54-25-12-11-23-51(54)43-29-27-42(28-30-43)48-24-13-20-39-18-7-9-21-47(39)48/h1-37H. The number of hydrogen-bond donors (Lipinski definition) is 0. The fourth-order valence-corrected chi connectivity index (χ4v) is 8.17. The van der Waals surface area contributed by atoms with Crippen LogP contribution in [-0.4, -0.2) is 0 Å². The second-order valence-electron chi connectivity index (χ2n) is 14.1. The maximum absolute atomic E-state index is 2.44. The van der Waals surface area contributed by atoms with Gasteiger partial charge >= 0.3 is 0 Å². The molecule has 0 bridgehead atoms. The number of benzene rings is 10. The lowest BCUT2D eigenvalue weighted by Gasteiger charge is -2.29. The summed E-state index contributed by atoms with van der Waals surface area (Å²) in [5.74, 6) is 0. The second kappa shape index (κ2) is 14.0.